The molecule has 3 atom stereocenters. The number of imidazole rings is 1. The molecule has 1 aromatic heterocycles. The van der Waals surface area contributed by atoms with Gasteiger partial charge in [-0.25, -0.2) is 4.98 Å². The van der Waals surface area contributed by atoms with Gasteiger partial charge in [0.05, 0.1) is 43.0 Å². The summed E-state index contributed by atoms with van der Waals surface area (Å²) in [5, 5.41) is 16.3. The second-order valence-electron chi connectivity index (χ2n) is 10.6. The predicted octanol–water partition coefficient (Wildman–Crippen LogP) is 3.98. The fraction of sp³-hybridized carbons (Fsp3) is 0.533. The van der Waals surface area contributed by atoms with Crippen LogP contribution in [-0.2, 0) is 16.1 Å². The smallest absolute Gasteiger partial charge is 0.234 e. The van der Waals surface area contributed by atoms with Crippen LogP contribution in [0.15, 0.2) is 42.5 Å². The molecule has 3 aromatic rings. The SMILES string of the molecule is CCOc1ccc(CNc2nc3ccccc3n2[C@H]2CC[C@@H](CO)O2)cc1OCCCN[C@@H](CC(C)C)C(N)=O. The maximum atomic E-state index is 11.7. The molecule has 10 heteroatoms. The molecule has 0 spiro atoms. The largest absolute Gasteiger partial charge is 0.490 e. The number of carbonyl (C=O) groups is 1. The summed E-state index contributed by atoms with van der Waals surface area (Å²) < 4.78 is 20.1. The van der Waals surface area contributed by atoms with E-state index < -0.39 is 0 Å². The van der Waals surface area contributed by atoms with Crippen molar-refractivity contribution in [1.29, 1.82) is 0 Å². The van der Waals surface area contributed by atoms with Gasteiger partial charge in [0.1, 0.15) is 6.23 Å². The second kappa shape index (κ2) is 14.3. The van der Waals surface area contributed by atoms with Crippen molar-refractivity contribution in [3.05, 3.63) is 48.0 Å². The molecule has 1 saturated heterocycles. The highest BCUT2D eigenvalue weighted by Gasteiger charge is 2.29. The zero-order chi connectivity index (χ0) is 28.5. The van der Waals surface area contributed by atoms with Gasteiger partial charge in [0.25, 0.3) is 0 Å². The van der Waals surface area contributed by atoms with Crippen molar-refractivity contribution in [3.63, 3.8) is 0 Å². The molecule has 2 aromatic carbocycles. The molecule has 5 N–H and O–H groups in total. The van der Waals surface area contributed by atoms with E-state index in [-0.39, 0.29) is 30.9 Å². The van der Waals surface area contributed by atoms with Crippen LogP contribution in [0.4, 0.5) is 5.95 Å². The van der Waals surface area contributed by atoms with Crippen molar-refractivity contribution in [1.82, 2.24) is 14.9 Å². The van der Waals surface area contributed by atoms with Crippen LogP contribution >= 0.6 is 0 Å². The molecular formula is C30H43N5O5. The number of nitrogens with zero attached hydrogens (tertiary/aromatic N) is 2. The van der Waals surface area contributed by atoms with Crippen LogP contribution in [0.1, 0.15) is 58.2 Å². The molecule has 1 fully saturated rings. The number of benzene rings is 2. The Labute approximate surface area is 236 Å². The molecule has 0 bridgehead atoms. The first-order valence-electron chi connectivity index (χ1n) is 14.3. The molecule has 218 valence electrons. The van der Waals surface area contributed by atoms with Crippen LogP contribution in [0.3, 0.4) is 0 Å². The summed E-state index contributed by atoms with van der Waals surface area (Å²) in [5.74, 6) is 2.14. The van der Waals surface area contributed by atoms with Gasteiger partial charge in [0, 0.05) is 6.54 Å². The number of aliphatic hydroxyl groups excluding tert-OH is 1. The van der Waals surface area contributed by atoms with Crippen molar-refractivity contribution < 1.29 is 24.1 Å². The molecule has 10 nitrogen and oxygen atoms in total. The Balaban J connectivity index is 1.40. The average molecular weight is 554 g/mol. The van der Waals surface area contributed by atoms with Gasteiger partial charge >= 0.3 is 0 Å². The lowest BCUT2D eigenvalue weighted by Crippen LogP contribution is -2.42. The van der Waals surface area contributed by atoms with Crippen molar-refractivity contribution in [2.75, 3.05) is 31.7 Å². The van der Waals surface area contributed by atoms with Crippen molar-refractivity contribution >= 4 is 22.9 Å². The molecular weight excluding hydrogens is 510 g/mol. The van der Waals surface area contributed by atoms with Gasteiger partial charge in [-0.1, -0.05) is 32.0 Å². The van der Waals surface area contributed by atoms with E-state index >= 15 is 0 Å². The van der Waals surface area contributed by atoms with Gasteiger partial charge in [-0.05, 0) is 74.9 Å². The van der Waals surface area contributed by atoms with Crippen LogP contribution in [0.5, 0.6) is 11.5 Å². The van der Waals surface area contributed by atoms with Crippen molar-refractivity contribution in [3.8, 4) is 11.5 Å². The average Bonchev–Trinajstić information content (AvgIpc) is 3.56. The molecule has 1 aliphatic rings. The number of nitrogens with two attached hydrogens (primary N) is 1. The van der Waals surface area contributed by atoms with Gasteiger partial charge in [-0.15, -0.1) is 0 Å². The summed E-state index contributed by atoms with van der Waals surface area (Å²) >= 11 is 0. The standard InChI is InChI=1S/C30H43N5O5/c1-4-38-26-12-10-21(17-27(26)39-15-7-14-32-24(29(31)37)16-20(2)3)18-33-30-34-23-8-5-6-9-25(23)35(30)28-13-11-22(19-36)40-28/h5-6,8-10,12,17,20,22,24,28,32,36H,4,7,11,13-16,18-19H2,1-3H3,(H2,31,37)(H,33,34)/t22-,24-,28+/m0/s1. The number of aliphatic hydroxyl groups is 1. The fourth-order valence-corrected chi connectivity index (χ4v) is 5.00. The first kappa shape index (κ1) is 29.6. The van der Waals surface area contributed by atoms with E-state index in [4.69, 9.17) is 24.9 Å². The van der Waals surface area contributed by atoms with Gasteiger partial charge in [0.15, 0.2) is 11.5 Å². The summed E-state index contributed by atoms with van der Waals surface area (Å²) in [5.41, 5.74) is 8.42. The number of rotatable bonds is 16. The van der Waals surface area contributed by atoms with Crippen LogP contribution in [0.2, 0.25) is 0 Å². The van der Waals surface area contributed by atoms with E-state index in [0.717, 1.165) is 41.8 Å². The molecule has 1 amide bonds. The van der Waals surface area contributed by atoms with Crippen LogP contribution < -0.4 is 25.8 Å². The van der Waals surface area contributed by atoms with E-state index in [0.29, 0.717) is 50.1 Å². The number of amides is 1. The quantitative estimate of drug-likeness (QED) is 0.196. The maximum absolute atomic E-state index is 11.7. The Morgan fingerprint density at radius 2 is 2.02 bits per heavy atom. The number of hydrogen-bond donors (Lipinski definition) is 4. The Bertz CT molecular complexity index is 1250. The highest BCUT2D eigenvalue weighted by Crippen LogP contribution is 2.35. The minimum atomic E-state index is -0.332. The number of anilines is 1. The predicted molar refractivity (Wildman–Crippen MR) is 155 cm³/mol. The third-order valence-corrected chi connectivity index (χ3v) is 6.95. The van der Waals surface area contributed by atoms with Gasteiger partial charge in [-0.3, -0.25) is 9.36 Å². The molecule has 2 heterocycles. The number of nitrogens with one attached hydrogen (secondary N) is 2. The summed E-state index contributed by atoms with van der Waals surface area (Å²) in [7, 11) is 0. The number of ether oxygens (including phenoxy) is 3. The molecule has 0 unspecified atom stereocenters. The first-order valence-corrected chi connectivity index (χ1v) is 14.3. The molecule has 40 heavy (non-hydrogen) atoms. The van der Waals surface area contributed by atoms with E-state index in [2.05, 4.69) is 29.0 Å². The summed E-state index contributed by atoms with van der Waals surface area (Å²) in [6.07, 6.45) is 2.71. The number of fused-ring (bicyclic) bond motifs is 1. The minimum absolute atomic E-state index is 0.0145. The monoisotopic (exact) mass is 553 g/mol. The Morgan fingerprint density at radius 3 is 2.75 bits per heavy atom. The van der Waals surface area contributed by atoms with Crippen LogP contribution in [0.25, 0.3) is 11.0 Å². The maximum Gasteiger partial charge on any atom is 0.234 e. The highest BCUT2D eigenvalue weighted by molar-refractivity contribution is 5.80. The fourth-order valence-electron chi connectivity index (χ4n) is 5.00. The Hall–Kier alpha value is -3.34. The molecule has 0 radical (unpaired) electrons. The van der Waals surface area contributed by atoms with Gasteiger partial charge < -0.3 is 35.7 Å². The van der Waals surface area contributed by atoms with E-state index in [1.54, 1.807) is 0 Å². The van der Waals surface area contributed by atoms with Crippen molar-refractivity contribution in [2.45, 2.75) is 71.4 Å². The lowest BCUT2D eigenvalue weighted by Gasteiger charge is -2.19. The number of carbonyl (C=O) groups excluding carboxylic acids is 1. The molecule has 0 saturated carbocycles. The van der Waals surface area contributed by atoms with E-state index in [1.807, 2.05) is 49.4 Å². The number of hydrogen-bond acceptors (Lipinski definition) is 8. The third kappa shape index (κ3) is 7.65. The number of para-hydroxylation sites is 2. The molecule has 1 aliphatic heterocycles. The zero-order valence-corrected chi connectivity index (χ0v) is 23.8. The lowest BCUT2D eigenvalue weighted by atomic mass is 10.0. The van der Waals surface area contributed by atoms with E-state index in [9.17, 15) is 9.90 Å². The topological polar surface area (TPSA) is 133 Å². The van der Waals surface area contributed by atoms with E-state index in [1.165, 1.54) is 0 Å². The second-order valence-corrected chi connectivity index (χ2v) is 10.6. The summed E-state index contributed by atoms with van der Waals surface area (Å²) in [6.45, 7) is 8.26. The third-order valence-electron chi connectivity index (χ3n) is 6.95. The van der Waals surface area contributed by atoms with Gasteiger partial charge in [-0.2, -0.15) is 0 Å². The summed E-state index contributed by atoms with van der Waals surface area (Å²) in [4.78, 5) is 16.5. The lowest BCUT2D eigenvalue weighted by molar-refractivity contribution is -0.120. The number of primary amides is 1. The number of aromatic nitrogens is 2. The minimum Gasteiger partial charge on any atom is -0.490 e. The zero-order valence-electron chi connectivity index (χ0n) is 23.8. The highest BCUT2D eigenvalue weighted by atomic mass is 16.5. The van der Waals surface area contributed by atoms with Crippen LogP contribution in [-0.4, -0.2) is 59.1 Å². The molecule has 4 rings (SSSR count). The molecule has 0 aliphatic carbocycles. The van der Waals surface area contributed by atoms with Crippen LogP contribution in [0, 0.1) is 5.92 Å². The Kier molecular flexibility index (Phi) is 10.6. The Morgan fingerprint density at radius 1 is 1.20 bits per heavy atom. The normalized spacial score (nSPS) is 17.8. The summed E-state index contributed by atoms with van der Waals surface area (Å²) in [6, 6.07) is 13.6. The van der Waals surface area contributed by atoms with Gasteiger partial charge in [0.2, 0.25) is 11.9 Å². The van der Waals surface area contributed by atoms with Crippen molar-refractivity contribution in [2.24, 2.45) is 11.7 Å². The first-order chi connectivity index (χ1) is 19.4.